The summed E-state index contributed by atoms with van der Waals surface area (Å²) in [5.41, 5.74) is 11.4. The maximum Gasteiger partial charge on any atom is 0.267 e. The van der Waals surface area contributed by atoms with Crippen LogP contribution in [-0.4, -0.2) is 20.3 Å². The van der Waals surface area contributed by atoms with Gasteiger partial charge in [0.05, 0.1) is 6.20 Å². The molecule has 0 atom stereocenters. The average Bonchev–Trinajstić information content (AvgIpc) is 2.53. The summed E-state index contributed by atoms with van der Waals surface area (Å²) in [5.74, 6) is -0.287. The average molecular weight is 177 g/mol. The number of hydrogen-bond donors (Lipinski definition) is 2. The number of nitrogen functional groups attached to an aromatic ring is 1. The van der Waals surface area contributed by atoms with Crippen LogP contribution < -0.4 is 11.5 Å². The Kier molecular flexibility index (Phi) is 1.42. The van der Waals surface area contributed by atoms with Crippen LogP contribution in [0.25, 0.3) is 5.65 Å². The molecule has 0 aliphatic rings. The molecule has 0 radical (unpaired) electrons. The third kappa shape index (κ3) is 0.994. The van der Waals surface area contributed by atoms with Crippen molar-refractivity contribution in [3.8, 4) is 0 Å². The minimum atomic E-state index is -0.560. The molecule has 0 spiro atoms. The fourth-order valence-corrected chi connectivity index (χ4v) is 1.12. The number of rotatable bonds is 1. The van der Waals surface area contributed by atoms with Crippen molar-refractivity contribution in [2.24, 2.45) is 5.73 Å². The van der Waals surface area contributed by atoms with Crippen molar-refractivity contribution < 1.29 is 4.79 Å². The van der Waals surface area contributed by atoms with Gasteiger partial charge < -0.3 is 11.5 Å². The fraction of sp³-hybridized carbons (Fsp3) is 0. The van der Waals surface area contributed by atoms with E-state index < -0.39 is 5.91 Å². The van der Waals surface area contributed by atoms with Crippen LogP contribution in [0, 0.1) is 0 Å². The number of amides is 1. The molecule has 1 amide bonds. The van der Waals surface area contributed by atoms with E-state index in [1.807, 2.05) is 0 Å². The first-order valence-corrected chi connectivity index (χ1v) is 3.57. The van der Waals surface area contributed by atoms with E-state index >= 15 is 0 Å². The lowest BCUT2D eigenvalue weighted by molar-refractivity contribution is 0.0994. The number of carbonyl (C=O) groups is 1. The van der Waals surface area contributed by atoms with Gasteiger partial charge in [-0.25, -0.2) is 9.97 Å². The Hall–Kier alpha value is -2.11. The molecule has 2 rings (SSSR count). The molecule has 2 heterocycles. The van der Waals surface area contributed by atoms with Gasteiger partial charge in [0.2, 0.25) is 0 Å². The number of nitrogens with two attached hydrogens (primary N) is 2. The van der Waals surface area contributed by atoms with E-state index in [0.29, 0.717) is 5.65 Å². The zero-order valence-electron chi connectivity index (χ0n) is 6.64. The molecule has 0 aliphatic carbocycles. The molecule has 0 aliphatic heterocycles. The highest BCUT2D eigenvalue weighted by Gasteiger charge is 2.09. The molecule has 2 aromatic rings. The summed E-state index contributed by atoms with van der Waals surface area (Å²) in [6, 6.07) is 0. The van der Waals surface area contributed by atoms with E-state index in [1.54, 1.807) is 6.20 Å². The smallest absolute Gasteiger partial charge is 0.267 e. The Morgan fingerprint density at radius 1 is 1.46 bits per heavy atom. The molecule has 6 heteroatoms. The van der Waals surface area contributed by atoms with Crippen molar-refractivity contribution in [3.05, 3.63) is 24.3 Å². The normalized spacial score (nSPS) is 10.5. The van der Waals surface area contributed by atoms with Gasteiger partial charge in [0.25, 0.3) is 5.91 Å². The number of anilines is 1. The summed E-state index contributed by atoms with van der Waals surface area (Å²) < 4.78 is 1.50. The quantitative estimate of drug-likeness (QED) is 0.608. The maximum atomic E-state index is 10.9. The van der Waals surface area contributed by atoms with Crippen LogP contribution in [-0.2, 0) is 0 Å². The van der Waals surface area contributed by atoms with Crippen molar-refractivity contribution in [1.29, 1.82) is 0 Å². The monoisotopic (exact) mass is 177 g/mol. The Labute approximate surface area is 73.2 Å². The zero-order valence-corrected chi connectivity index (χ0v) is 6.64. The van der Waals surface area contributed by atoms with E-state index in [9.17, 15) is 4.79 Å². The van der Waals surface area contributed by atoms with Crippen molar-refractivity contribution >= 4 is 17.4 Å². The summed E-state index contributed by atoms with van der Waals surface area (Å²) in [6.07, 6.45) is 4.46. The Morgan fingerprint density at radius 2 is 2.23 bits per heavy atom. The zero-order chi connectivity index (χ0) is 9.42. The van der Waals surface area contributed by atoms with Gasteiger partial charge in [-0.1, -0.05) is 0 Å². The molecular weight excluding hydrogens is 170 g/mol. The third-order valence-corrected chi connectivity index (χ3v) is 1.71. The van der Waals surface area contributed by atoms with Gasteiger partial charge in [0.1, 0.15) is 5.69 Å². The fourth-order valence-electron chi connectivity index (χ4n) is 1.12. The van der Waals surface area contributed by atoms with Crippen LogP contribution >= 0.6 is 0 Å². The third-order valence-electron chi connectivity index (χ3n) is 1.71. The maximum absolute atomic E-state index is 10.9. The number of primary amides is 1. The lowest BCUT2D eigenvalue weighted by Gasteiger charge is -2.01. The van der Waals surface area contributed by atoms with E-state index in [2.05, 4.69) is 9.97 Å². The minimum absolute atomic E-state index is 0.265. The lowest BCUT2D eigenvalue weighted by Crippen LogP contribution is -2.16. The number of nitrogens with zero attached hydrogens (tertiary/aromatic N) is 3. The van der Waals surface area contributed by atoms with E-state index in [1.165, 1.54) is 16.8 Å². The molecule has 13 heavy (non-hydrogen) atoms. The molecule has 0 saturated carbocycles. The molecule has 0 saturated heterocycles. The summed E-state index contributed by atoms with van der Waals surface area (Å²) in [6.45, 7) is 0. The highest BCUT2D eigenvalue weighted by Crippen LogP contribution is 2.09. The van der Waals surface area contributed by atoms with Gasteiger partial charge in [0.15, 0.2) is 11.5 Å². The van der Waals surface area contributed by atoms with Crippen molar-refractivity contribution in [2.75, 3.05) is 5.73 Å². The second kappa shape index (κ2) is 2.44. The molecule has 4 N–H and O–H groups in total. The summed E-state index contributed by atoms with van der Waals surface area (Å²) >= 11 is 0. The van der Waals surface area contributed by atoms with Gasteiger partial charge in [0, 0.05) is 12.4 Å². The lowest BCUT2D eigenvalue weighted by atomic mass is 10.4. The number of aromatic nitrogens is 3. The number of carbonyl (C=O) groups excluding carboxylic acids is 1. The molecule has 2 aromatic heterocycles. The van der Waals surface area contributed by atoms with Gasteiger partial charge in [-0.05, 0) is 0 Å². The molecule has 66 valence electrons. The molecule has 0 aromatic carbocycles. The Bertz CT molecular complexity index is 475. The first-order valence-electron chi connectivity index (χ1n) is 3.57. The van der Waals surface area contributed by atoms with Crippen molar-refractivity contribution in [3.63, 3.8) is 0 Å². The first kappa shape index (κ1) is 7.53. The van der Waals surface area contributed by atoms with Crippen LogP contribution in [0.1, 0.15) is 10.5 Å². The van der Waals surface area contributed by atoms with E-state index in [-0.39, 0.29) is 11.5 Å². The number of imidazole rings is 1. The second-order valence-corrected chi connectivity index (χ2v) is 2.51. The van der Waals surface area contributed by atoms with Crippen LogP contribution in [0.4, 0.5) is 5.82 Å². The van der Waals surface area contributed by atoms with E-state index in [4.69, 9.17) is 11.5 Å². The van der Waals surface area contributed by atoms with Gasteiger partial charge in [-0.3, -0.25) is 9.20 Å². The van der Waals surface area contributed by atoms with Crippen molar-refractivity contribution in [1.82, 2.24) is 14.4 Å². The highest BCUT2D eigenvalue weighted by molar-refractivity contribution is 5.92. The standard InChI is InChI=1S/C7H7N5O/c8-5-7-10-1-2-12(7)4(3-11-5)6(9)13/h1-3H,(H2,8,11)(H2,9,13). The molecule has 0 unspecified atom stereocenters. The summed E-state index contributed by atoms with van der Waals surface area (Å²) in [7, 11) is 0. The van der Waals surface area contributed by atoms with Crippen LogP contribution in [0.5, 0.6) is 0 Å². The van der Waals surface area contributed by atoms with E-state index in [0.717, 1.165) is 0 Å². The molecule has 0 bridgehead atoms. The molecular formula is C7H7N5O. The predicted molar refractivity (Wildman–Crippen MR) is 45.9 cm³/mol. The van der Waals surface area contributed by atoms with Gasteiger partial charge >= 0.3 is 0 Å². The predicted octanol–water partition coefficient (Wildman–Crippen LogP) is -0.590. The molecule has 0 fully saturated rings. The Balaban J connectivity index is 2.86. The number of hydrogen-bond acceptors (Lipinski definition) is 4. The summed E-state index contributed by atoms with van der Waals surface area (Å²) in [4.78, 5) is 18.6. The van der Waals surface area contributed by atoms with Gasteiger partial charge in [-0.15, -0.1) is 0 Å². The Morgan fingerprint density at radius 3 is 2.92 bits per heavy atom. The van der Waals surface area contributed by atoms with Gasteiger partial charge in [-0.2, -0.15) is 0 Å². The minimum Gasteiger partial charge on any atom is -0.381 e. The topological polar surface area (TPSA) is 99.3 Å². The largest absolute Gasteiger partial charge is 0.381 e. The first-order chi connectivity index (χ1) is 6.20. The van der Waals surface area contributed by atoms with Crippen LogP contribution in [0.15, 0.2) is 18.6 Å². The van der Waals surface area contributed by atoms with Crippen LogP contribution in [0.3, 0.4) is 0 Å². The SMILES string of the molecule is NC(=O)c1cnc(N)c2nccn12. The number of fused-ring (bicyclic) bond motifs is 1. The van der Waals surface area contributed by atoms with Crippen molar-refractivity contribution in [2.45, 2.75) is 0 Å². The van der Waals surface area contributed by atoms with Crippen LogP contribution in [0.2, 0.25) is 0 Å². The second-order valence-electron chi connectivity index (χ2n) is 2.51. The highest BCUT2D eigenvalue weighted by atomic mass is 16.1. The summed E-state index contributed by atoms with van der Waals surface area (Å²) in [5, 5.41) is 0. The molecule has 6 nitrogen and oxygen atoms in total.